The van der Waals surface area contributed by atoms with Crippen LogP contribution in [0.5, 0.6) is 0 Å². The van der Waals surface area contributed by atoms with E-state index in [-0.39, 0.29) is 24.6 Å². The fourth-order valence-electron chi connectivity index (χ4n) is 1.01. The summed E-state index contributed by atoms with van der Waals surface area (Å²) in [5, 5.41) is 0. The molecule has 0 amide bonds. The maximum atomic E-state index is 11.4. The quantitative estimate of drug-likeness (QED) is 0.516. The van der Waals surface area contributed by atoms with Crippen LogP contribution in [0.2, 0.25) is 0 Å². The lowest BCUT2D eigenvalue weighted by Crippen LogP contribution is -2.38. The van der Waals surface area contributed by atoms with Crippen LogP contribution in [0, 0.1) is 5.92 Å². The van der Waals surface area contributed by atoms with Gasteiger partial charge in [-0.3, -0.25) is 4.79 Å². The van der Waals surface area contributed by atoms with Crippen molar-refractivity contribution in [3.63, 3.8) is 0 Å². The van der Waals surface area contributed by atoms with Gasteiger partial charge in [0.15, 0.2) is 0 Å². The molecule has 4 nitrogen and oxygen atoms in total. The topological polar surface area (TPSA) is 61.6 Å². The van der Waals surface area contributed by atoms with E-state index in [4.69, 9.17) is 15.2 Å². The SMILES string of the molecule is CC[C@H](C)[C@H](N)C(=O)OCCOC(C)C. The number of esters is 1. The molecule has 0 heterocycles. The number of hydrogen-bond donors (Lipinski definition) is 1. The summed E-state index contributed by atoms with van der Waals surface area (Å²) in [7, 11) is 0. The molecule has 0 aromatic rings. The smallest absolute Gasteiger partial charge is 0.323 e. The molecule has 0 bridgehead atoms. The molecule has 15 heavy (non-hydrogen) atoms. The Balaban J connectivity index is 3.65. The van der Waals surface area contributed by atoms with Gasteiger partial charge in [-0.1, -0.05) is 20.3 Å². The lowest BCUT2D eigenvalue weighted by molar-refractivity contribution is -0.148. The van der Waals surface area contributed by atoms with Gasteiger partial charge >= 0.3 is 5.97 Å². The van der Waals surface area contributed by atoms with Crippen LogP contribution in [0.1, 0.15) is 34.1 Å². The second-order valence-electron chi connectivity index (χ2n) is 4.00. The van der Waals surface area contributed by atoms with Gasteiger partial charge in [-0.15, -0.1) is 0 Å². The highest BCUT2D eigenvalue weighted by Gasteiger charge is 2.20. The molecule has 0 aliphatic carbocycles. The molecule has 0 aromatic carbocycles. The van der Waals surface area contributed by atoms with Crippen LogP contribution in [-0.2, 0) is 14.3 Å². The number of ether oxygens (including phenoxy) is 2. The molecule has 0 rings (SSSR count). The highest BCUT2D eigenvalue weighted by atomic mass is 16.6. The Labute approximate surface area is 92.1 Å². The van der Waals surface area contributed by atoms with Gasteiger partial charge in [-0.05, 0) is 19.8 Å². The van der Waals surface area contributed by atoms with Gasteiger partial charge in [0.2, 0.25) is 0 Å². The van der Waals surface area contributed by atoms with Crippen molar-refractivity contribution in [1.82, 2.24) is 0 Å². The molecule has 90 valence electrons. The van der Waals surface area contributed by atoms with Gasteiger partial charge < -0.3 is 15.2 Å². The van der Waals surface area contributed by atoms with Gasteiger partial charge in [-0.2, -0.15) is 0 Å². The Bertz CT molecular complexity index is 183. The molecular formula is C11H23NO3. The Morgan fingerprint density at radius 2 is 1.87 bits per heavy atom. The fourth-order valence-corrected chi connectivity index (χ4v) is 1.01. The molecular weight excluding hydrogens is 194 g/mol. The first-order chi connectivity index (χ1) is 6.99. The first-order valence-corrected chi connectivity index (χ1v) is 5.52. The maximum absolute atomic E-state index is 11.4. The number of hydrogen-bond acceptors (Lipinski definition) is 4. The van der Waals surface area contributed by atoms with E-state index in [1.54, 1.807) is 0 Å². The average molecular weight is 217 g/mol. The summed E-state index contributed by atoms with van der Waals surface area (Å²) in [4.78, 5) is 11.4. The van der Waals surface area contributed by atoms with E-state index in [1.807, 2.05) is 27.7 Å². The van der Waals surface area contributed by atoms with Gasteiger partial charge in [0.1, 0.15) is 12.6 Å². The summed E-state index contributed by atoms with van der Waals surface area (Å²) < 4.78 is 10.2. The highest BCUT2D eigenvalue weighted by Crippen LogP contribution is 2.06. The maximum Gasteiger partial charge on any atom is 0.323 e. The predicted molar refractivity (Wildman–Crippen MR) is 59.5 cm³/mol. The third kappa shape index (κ3) is 6.47. The van der Waals surface area contributed by atoms with Crippen molar-refractivity contribution >= 4 is 5.97 Å². The molecule has 0 radical (unpaired) electrons. The van der Waals surface area contributed by atoms with E-state index in [2.05, 4.69) is 0 Å². The van der Waals surface area contributed by atoms with E-state index in [1.165, 1.54) is 0 Å². The van der Waals surface area contributed by atoms with Crippen molar-refractivity contribution in [2.75, 3.05) is 13.2 Å². The van der Waals surface area contributed by atoms with Crippen molar-refractivity contribution in [1.29, 1.82) is 0 Å². The summed E-state index contributed by atoms with van der Waals surface area (Å²) in [5.74, 6) is -0.180. The minimum Gasteiger partial charge on any atom is -0.462 e. The van der Waals surface area contributed by atoms with E-state index in [0.717, 1.165) is 6.42 Å². The Morgan fingerprint density at radius 3 is 2.33 bits per heavy atom. The van der Waals surface area contributed by atoms with Crippen LogP contribution >= 0.6 is 0 Å². The van der Waals surface area contributed by atoms with Gasteiger partial charge in [0, 0.05) is 0 Å². The number of rotatable bonds is 7. The largest absolute Gasteiger partial charge is 0.462 e. The third-order valence-corrected chi connectivity index (χ3v) is 2.31. The average Bonchev–Trinajstić information content (AvgIpc) is 2.21. The zero-order chi connectivity index (χ0) is 11.8. The fraction of sp³-hybridized carbons (Fsp3) is 0.909. The van der Waals surface area contributed by atoms with E-state index >= 15 is 0 Å². The minimum absolute atomic E-state index is 0.156. The van der Waals surface area contributed by atoms with E-state index in [0.29, 0.717) is 6.61 Å². The van der Waals surface area contributed by atoms with Crippen molar-refractivity contribution < 1.29 is 14.3 Å². The molecule has 0 aliphatic heterocycles. The summed E-state index contributed by atoms with van der Waals surface area (Å²) >= 11 is 0. The summed E-state index contributed by atoms with van der Waals surface area (Å²) in [6.45, 7) is 8.52. The van der Waals surface area contributed by atoms with Crippen molar-refractivity contribution in [3.05, 3.63) is 0 Å². The van der Waals surface area contributed by atoms with Crippen molar-refractivity contribution in [2.45, 2.75) is 46.3 Å². The van der Waals surface area contributed by atoms with Crippen LogP contribution in [0.25, 0.3) is 0 Å². The Morgan fingerprint density at radius 1 is 1.27 bits per heavy atom. The molecule has 0 aliphatic rings. The highest BCUT2D eigenvalue weighted by molar-refractivity contribution is 5.75. The monoisotopic (exact) mass is 217 g/mol. The number of carbonyl (C=O) groups excluding carboxylic acids is 1. The van der Waals surface area contributed by atoms with Crippen molar-refractivity contribution in [2.24, 2.45) is 11.7 Å². The van der Waals surface area contributed by atoms with E-state index < -0.39 is 6.04 Å². The minimum atomic E-state index is -0.519. The Hall–Kier alpha value is -0.610. The van der Waals surface area contributed by atoms with Gasteiger partial charge in [0.05, 0.1) is 12.7 Å². The number of carbonyl (C=O) groups is 1. The third-order valence-electron chi connectivity index (χ3n) is 2.31. The first kappa shape index (κ1) is 14.4. The predicted octanol–water partition coefficient (Wildman–Crippen LogP) is 1.33. The summed E-state index contributed by atoms with van der Waals surface area (Å²) in [5.41, 5.74) is 5.70. The van der Waals surface area contributed by atoms with Gasteiger partial charge in [-0.25, -0.2) is 0 Å². The lowest BCUT2D eigenvalue weighted by Gasteiger charge is -2.17. The molecule has 4 heteroatoms. The van der Waals surface area contributed by atoms with Crippen LogP contribution in [0.15, 0.2) is 0 Å². The lowest BCUT2D eigenvalue weighted by atomic mass is 10.0. The molecule has 0 saturated carbocycles. The van der Waals surface area contributed by atoms with Crippen LogP contribution in [-0.4, -0.2) is 31.3 Å². The van der Waals surface area contributed by atoms with Gasteiger partial charge in [0.25, 0.3) is 0 Å². The van der Waals surface area contributed by atoms with Crippen molar-refractivity contribution in [3.8, 4) is 0 Å². The standard InChI is InChI=1S/C11H23NO3/c1-5-9(4)10(12)11(13)15-7-6-14-8(2)3/h8-10H,5-7,12H2,1-4H3/t9-,10-/m0/s1. The zero-order valence-electron chi connectivity index (χ0n) is 10.2. The first-order valence-electron chi connectivity index (χ1n) is 5.52. The Kier molecular flexibility index (Phi) is 7.34. The molecule has 2 N–H and O–H groups in total. The molecule has 2 atom stereocenters. The summed E-state index contributed by atoms with van der Waals surface area (Å²) in [6, 6.07) is -0.519. The molecule has 0 saturated heterocycles. The molecule has 0 aromatic heterocycles. The van der Waals surface area contributed by atoms with Crippen LogP contribution in [0.3, 0.4) is 0 Å². The second kappa shape index (κ2) is 7.65. The normalized spacial score (nSPS) is 15.1. The molecule has 0 unspecified atom stereocenters. The van der Waals surface area contributed by atoms with E-state index in [9.17, 15) is 4.79 Å². The summed E-state index contributed by atoms with van der Waals surface area (Å²) in [6.07, 6.45) is 1.03. The molecule has 0 fully saturated rings. The van der Waals surface area contributed by atoms with Crippen LogP contribution < -0.4 is 5.73 Å². The molecule has 0 spiro atoms. The number of nitrogens with two attached hydrogens (primary N) is 1. The second-order valence-corrected chi connectivity index (χ2v) is 4.00. The van der Waals surface area contributed by atoms with Crippen LogP contribution in [0.4, 0.5) is 0 Å². The zero-order valence-corrected chi connectivity index (χ0v) is 10.2.